The number of halogens is 3. The number of pyridine rings is 2. The van der Waals surface area contributed by atoms with E-state index in [1.165, 1.54) is 24.3 Å². The van der Waals surface area contributed by atoms with Gasteiger partial charge in [0.1, 0.15) is 11.3 Å². The highest BCUT2D eigenvalue weighted by molar-refractivity contribution is 5.85. The van der Waals surface area contributed by atoms with E-state index in [1.807, 2.05) is 25.9 Å². The molecule has 158 valence electrons. The van der Waals surface area contributed by atoms with E-state index in [-0.39, 0.29) is 22.5 Å². The molecule has 3 heterocycles. The number of aromatic amines is 1. The monoisotopic (exact) mass is 425 g/mol. The first-order valence-corrected chi connectivity index (χ1v) is 9.37. The summed E-state index contributed by atoms with van der Waals surface area (Å²) in [6.07, 6.45) is -4.50. The van der Waals surface area contributed by atoms with Gasteiger partial charge < -0.3 is 9.88 Å². The Morgan fingerprint density at radius 2 is 1.65 bits per heavy atom. The number of aromatic nitrogens is 4. The maximum Gasteiger partial charge on any atom is 0.416 e. The van der Waals surface area contributed by atoms with Gasteiger partial charge in [0, 0.05) is 37.0 Å². The molecule has 4 aromatic rings. The molecule has 6 nitrogen and oxygen atoms in total. The van der Waals surface area contributed by atoms with Crippen molar-refractivity contribution in [2.75, 3.05) is 19.0 Å². The molecule has 0 aliphatic carbocycles. The molecule has 4 rings (SSSR count). The zero-order chi connectivity index (χ0) is 22.3. The highest BCUT2D eigenvalue weighted by atomic mass is 19.4. The van der Waals surface area contributed by atoms with Crippen molar-refractivity contribution in [3.8, 4) is 22.5 Å². The number of benzene rings is 1. The summed E-state index contributed by atoms with van der Waals surface area (Å²) in [5, 5.41) is 0. The van der Waals surface area contributed by atoms with Crippen LogP contribution in [0.3, 0.4) is 0 Å². The van der Waals surface area contributed by atoms with Crippen LogP contribution in [0.1, 0.15) is 11.3 Å². The summed E-state index contributed by atoms with van der Waals surface area (Å²) in [6.45, 7) is 1.83. The summed E-state index contributed by atoms with van der Waals surface area (Å²) in [5.74, 6) is 0.674. The lowest BCUT2D eigenvalue weighted by molar-refractivity contribution is -0.137. The van der Waals surface area contributed by atoms with Crippen molar-refractivity contribution >= 4 is 17.0 Å². The standard InChI is InChI=1S/C22H18F3N5O/c1-12-9-14(11-17(26-12)30(2)3)20-19(13-5-4-6-15(10-13)22(23,24)25)29-21-16(27-20)7-8-18(31)28-21/h4-11H,1-3H3,(H,28,29,31). The van der Waals surface area contributed by atoms with Crippen molar-refractivity contribution in [2.45, 2.75) is 13.1 Å². The van der Waals surface area contributed by atoms with Crippen LogP contribution in [0.2, 0.25) is 0 Å². The number of nitrogens with zero attached hydrogens (tertiary/aromatic N) is 4. The first-order chi connectivity index (χ1) is 14.6. The summed E-state index contributed by atoms with van der Waals surface area (Å²) in [6, 6.07) is 11.3. The third-order valence-electron chi connectivity index (χ3n) is 4.69. The number of aryl methyl sites for hydroxylation is 1. The third-order valence-corrected chi connectivity index (χ3v) is 4.69. The van der Waals surface area contributed by atoms with E-state index in [1.54, 1.807) is 12.1 Å². The molecule has 0 atom stereocenters. The predicted octanol–water partition coefficient (Wildman–Crippen LogP) is 4.44. The van der Waals surface area contributed by atoms with Gasteiger partial charge in [0.05, 0.1) is 17.0 Å². The van der Waals surface area contributed by atoms with Gasteiger partial charge in [-0.3, -0.25) is 4.79 Å². The number of fused-ring (bicyclic) bond motifs is 1. The zero-order valence-electron chi connectivity index (χ0n) is 16.9. The Bertz CT molecular complexity index is 1350. The largest absolute Gasteiger partial charge is 0.416 e. The average Bonchev–Trinajstić information content (AvgIpc) is 2.71. The minimum atomic E-state index is -4.50. The number of alkyl halides is 3. The van der Waals surface area contributed by atoms with Crippen LogP contribution < -0.4 is 10.5 Å². The SMILES string of the molecule is Cc1cc(-c2nc3ccc(=O)[nH]c3nc2-c2cccc(C(F)(F)F)c2)cc(N(C)C)n1. The van der Waals surface area contributed by atoms with Gasteiger partial charge >= 0.3 is 6.18 Å². The highest BCUT2D eigenvalue weighted by Crippen LogP contribution is 2.36. The van der Waals surface area contributed by atoms with E-state index in [0.29, 0.717) is 22.6 Å². The Morgan fingerprint density at radius 3 is 2.35 bits per heavy atom. The highest BCUT2D eigenvalue weighted by Gasteiger charge is 2.31. The molecule has 1 N–H and O–H groups in total. The second-order valence-corrected chi connectivity index (χ2v) is 7.31. The lowest BCUT2D eigenvalue weighted by atomic mass is 10.0. The first-order valence-electron chi connectivity index (χ1n) is 9.37. The van der Waals surface area contributed by atoms with Gasteiger partial charge in [-0.2, -0.15) is 13.2 Å². The molecule has 0 spiro atoms. The molecule has 1 aromatic carbocycles. The fourth-order valence-electron chi connectivity index (χ4n) is 3.23. The number of anilines is 1. The zero-order valence-corrected chi connectivity index (χ0v) is 16.9. The molecule has 0 aliphatic rings. The Morgan fingerprint density at radius 1 is 0.903 bits per heavy atom. The molecule has 9 heteroatoms. The molecule has 0 saturated carbocycles. The normalized spacial score (nSPS) is 11.7. The predicted molar refractivity (Wildman–Crippen MR) is 113 cm³/mol. The van der Waals surface area contributed by atoms with E-state index in [4.69, 9.17) is 0 Å². The number of rotatable bonds is 3. The number of nitrogens with one attached hydrogen (secondary N) is 1. The molecular formula is C22H18F3N5O. The number of hydrogen-bond donors (Lipinski definition) is 1. The van der Waals surface area contributed by atoms with Gasteiger partial charge in [-0.15, -0.1) is 0 Å². The van der Waals surface area contributed by atoms with Crippen molar-refractivity contribution in [1.29, 1.82) is 0 Å². The van der Waals surface area contributed by atoms with Crippen LogP contribution in [0.25, 0.3) is 33.7 Å². The Kier molecular flexibility index (Phi) is 4.96. The van der Waals surface area contributed by atoms with Crippen LogP contribution >= 0.6 is 0 Å². The van der Waals surface area contributed by atoms with Gasteiger partial charge in [-0.1, -0.05) is 12.1 Å². The van der Waals surface area contributed by atoms with E-state index < -0.39 is 11.7 Å². The molecule has 0 radical (unpaired) electrons. The minimum absolute atomic E-state index is 0.197. The van der Waals surface area contributed by atoms with Crippen LogP contribution in [0.5, 0.6) is 0 Å². The maximum atomic E-state index is 13.3. The first kappa shape index (κ1) is 20.5. The lowest BCUT2D eigenvalue weighted by Crippen LogP contribution is -2.11. The van der Waals surface area contributed by atoms with E-state index in [9.17, 15) is 18.0 Å². The molecule has 0 saturated heterocycles. The van der Waals surface area contributed by atoms with Crippen LogP contribution in [0.4, 0.5) is 19.0 Å². The molecule has 0 amide bonds. The quantitative estimate of drug-likeness (QED) is 0.525. The van der Waals surface area contributed by atoms with Crippen molar-refractivity contribution in [3.05, 3.63) is 70.1 Å². The van der Waals surface area contributed by atoms with E-state index in [0.717, 1.165) is 17.8 Å². The van der Waals surface area contributed by atoms with Crippen LogP contribution in [-0.2, 0) is 6.18 Å². The molecule has 3 aromatic heterocycles. The van der Waals surface area contributed by atoms with Gasteiger partial charge in [-0.05, 0) is 37.3 Å². The second-order valence-electron chi connectivity index (χ2n) is 7.31. The van der Waals surface area contributed by atoms with E-state index in [2.05, 4.69) is 19.9 Å². The number of H-pyrrole nitrogens is 1. The molecule has 0 bridgehead atoms. The van der Waals surface area contributed by atoms with E-state index >= 15 is 0 Å². The summed E-state index contributed by atoms with van der Waals surface area (Å²) in [4.78, 5) is 29.8. The Labute approximate surface area is 175 Å². The van der Waals surface area contributed by atoms with Crippen LogP contribution in [0, 0.1) is 6.92 Å². The van der Waals surface area contributed by atoms with Gasteiger partial charge in [-0.25, -0.2) is 15.0 Å². The molecule has 0 unspecified atom stereocenters. The van der Waals surface area contributed by atoms with Crippen molar-refractivity contribution in [3.63, 3.8) is 0 Å². The van der Waals surface area contributed by atoms with Crippen LogP contribution in [-0.4, -0.2) is 34.0 Å². The van der Waals surface area contributed by atoms with Crippen LogP contribution in [0.15, 0.2) is 53.3 Å². The topological polar surface area (TPSA) is 74.8 Å². The summed E-state index contributed by atoms with van der Waals surface area (Å²) in [5.41, 5.74) is 1.70. The fourth-order valence-corrected chi connectivity index (χ4v) is 3.23. The second kappa shape index (κ2) is 7.50. The average molecular weight is 425 g/mol. The molecule has 0 aliphatic heterocycles. The summed E-state index contributed by atoms with van der Waals surface area (Å²) in [7, 11) is 3.69. The third kappa shape index (κ3) is 4.11. The number of hydrogen-bond acceptors (Lipinski definition) is 5. The van der Waals surface area contributed by atoms with Gasteiger partial charge in [0.2, 0.25) is 5.56 Å². The van der Waals surface area contributed by atoms with Crippen molar-refractivity contribution < 1.29 is 13.2 Å². The minimum Gasteiger partial charge on any atom is -0.363 e. The lowest BCUT2D eigenvalue weighted by Gasteiger charge is -2.16. The summed E-state index contributed by atoms with van der Waals surface area (Å²) >= 11 is 0. The fraction of sp³-hybridized carbons (Fsp3) is 0.182. The Hall–Kier alpha value is -3.75. The smallest absolute Gasteiger partial charge is 0.363 e. The van der Waals surface area contributed by atoms with Gasteiger partial charge in [0.25, 0.3) is 0 Å². The molecular weight excluding hydrogens is 407 g/mol. The van der Waals surface area contributed by atoms with Crippen molar-refractivity contribution in [1.82, 2.24) is 19.9 Å². The summed E-state index contributed by atoms with van der Waals surface area (Å²) < 4.78 is 39.9. The van der Waals surface area contributed by atoms with Crippen molar-refractivity contribution in [2.24, 2.45) is 0 Å². The molecule has 31 heavy (non-hydrogen) atoms. The maximum absolute atomic E-state index is 13.3. The van der Waals surface area contributed by atoms with Gasteiger partial charge in [0.15, 0.2) is 5.65 Å². The molecule has 0 fully saturated rings. The Balaban J connectivity index is 2.04.